The minimum atomic E-state index is -0.381. The Bertz CT molecular complexity index is 461. The first kappa shape index (κ1) is 12.4. The number of nitrogens with one attached hydrogen (secondary N) is 2. The number of rotatable bonds is 2. The quantitative estimate of drug-likeness (QED) is 0.604. The van der Waals surface area contributed by atoms with Crippen LogP contribution in [-0.4, -0.2) is 44.5 Å². The maximum Gasteiger partial charge on any atom is 0.228 e. The van der Waals surface area contributed by atoms with E-state index in [0.717, 1.165) is 31.0 Å². The second-order valence-corrected chi connectivity index (χ2v) is 5.00. The van der Waals surface area contributed by atoms with Gasteiger partial charge in [0.25, 0.3) is 0 Å². The summed E-state index contributed by atoms with van der Waals surface area (Å²) in [5, 5.41) is 6.52. The van der Waals surface area contributed by atoms with Gasteiger partial charge in [-0.2, -0.15) is 0 Å². The van der Waals surface area contributed by atoms with Crippen molar-refractivity contribution < 1.29 is 9.53 Å². The molecule has 6 nitrogen and oxygen atoms in total. The second-order valence-electron chi connectivity index (χ2n) is 5.00. The topological polar surface area (TPSA) is 88.7 Å². The average molecular weight is 262 g/mol. The van der Waals surface area contributed by atoms with E-state index in [-0.39, 0.29) is 23.8 Å². The van der Waals surface area contributed by atoms with Crippen molar-refractivity contribution in [3.8, 4) is 0 Å². The van der Waals surface area contributed by atoms with Crippen LogP contribution in [-0.2, 0) is 9.53 Å². The molecule has 3 rings (SSSR count). The Morgan fingerprint density at radius 3 is 3.26 bits per heavy atom. The number of ether oxygens (including phenoxy) is 1. The maximum absolute atomic E-state index is 11.4. The van der Waals surface area contributed by atoms with E-state index >= 15 is 0 Å². The first-order valence-corrected chi connectivity index (χ1v) is 6.56. The summed E-state index contributed by atoms with van der Waals surface area (Å²) in [7, 11) is 0. The van der Waals surface area contributed by atoms with Crippen molar-refractivity contribution >= 4 is 12.1 Å². The minimum absolute atomic E-state index is 0.0757. The van der Waals surface area contributed by atoms with Crippen LogP contribution in [0.2, 0.25) is 0 Å². The van der Waals surface area contributed by atoms with Crippen LogP contribution in [0.4, 0.5) is 0 Å². The first-order chi connectivity index (χ1) is 9.27. The third-order valence-electron chi connectivity index (χ3n) is 3.75. The number of primary amides is 1. The van der Waals surface area contributed by atoms with Gasteiger partial charge in [-0.05, 0) is 17.8 Å². The molecule has 0 radical (unpaired) electrons. The number of nitrogens with zero attached hydrogens (tertiary/aromatic N) is 1. The van der Waals surface area contributed by atoms with Gasteiger partial charge >= 0.3 is 0 Å². The smallest absolute Gasteiger partial charge is 0.228 e. The van der Waals surface area contributed by atoms with E-state index in [0.29, 0.717) is 6.61 Å². The van der Waals surface area contributed by atoms with Crippen LogP contribution in [0.1, 0.15) is 0 Å². The summed E-state index contributed by atoms with van der Waals surface area (Å²) in [6.07, 6.45) is 5.50. The summed E-state index contributed by atoms with van der Waals surface area (Å²) in [6.45, 7) is 3.09. The molecule has 4 N–H and O–H groups in total. The van der Waals surface area contributed by atoms with Gasteiger partial charge in [-0.15, -0.1) is 0 Å². The molecule has 3 heterocycles. The van der Waals surface area contributed by atoms with Crippen molar-refractivity contribution in [1.29, 1.82) is 0 Å². The molecule has 102 valence electrons. The molecule has 1 amide bonds. The van der Waals surface area contributed by atoms with Gasteiger partial charge in [-0.25, -0.2) is 0 Å². The van der Waals surface area contributed by atoms with Crippen LogP contribution in [0.15, 0.2) is 28.5 Å². The lowest BCUT2D eigenvalue weighted by Crippen LogP contribution is -2.43. The molecule has 3 aliphatic rings. The van der Waals surface area contributed by atoms with Crippen molar-refractivity contribution in [3.63, 3.8) is 0 Å². The lowest BCUT2D eigenvalue weighted by molar-refractivity contribution is -0.120. The van der Waals surface area contributed by atoms with Gasteiger partial charge < -0.3 is 21.1 Å². The standard InChI is InChI=1S/C13H18N4O2/c14-13(18)10-6-17-11(9-1-2-16-12(9)10)8-5-15-3-4-19-7-8/h1-2,6,8,10,12,15-16H,3-5,7H2,(H2,14,18)/t8-,10?,12?/m1/s1. The molecule has 3 aliphatic heterocycles. The number of carbonyl (C=O) groups excluding carboxylic acids is 1. The van der Waals surface area contributed by atoms with Crippen molar-refractivity contribution in [3.05, 3.63) is 23.5 Å². The molecular formula is C13H18N4O2. The fourth-order valence-corrected chi connectivity index (χ4v) is 2.76. The number of hydrogen-bond acceptors (Lipinski definition) is 5. The molecule has 0 spiro atoms. The van der Waals surface area contributed by atoms with Gasteiger partial charge in [0.05, 0.1) is 30.9 Å². The zero-order valence-electron chi connectivity index (χ0n) is 10.6. The normalized spacial score (nSPS) is 33.8. The number of nitrogens with two attached hydrogens (primary N) is 1. The van der Waals surface area contributed by atoms with Crippen LogP contribution in [0, 0.1) is 11.8 Å². The highest BCUT2D eigenvalue weighted by molar-refractivity contribution is 5.95. The molecule has 6 heteroatoms. The van der Waals surface area contributed by atoms with Crippen molar-refractivity contribution in [1.82, 2.24) is 10.6 Å². The minimum Gasteiger partial charge on any atom is -0.383 e. The fourth-order valence-electron chi connectivity index (χ4n) is 2.76. The Morgan fingerprint density at radius 2 is 2.42 bits per heavy atom. The summed E-state index contributed by atoms with van der Waals surface area (Å²) in [4.78, 5) is 15.9. The highest BCUT2D eigenvalue weighted by atomic mass is 16.5. The van der Waals surface area contributed by atoms with Gasteiger partial charge in [0.15, 0.2) is 0 Å². The molecule has 0 saturated carbocycles. The third-order valence-corrected chi connectivity index (χ3v) is 3.75. The molecule has 1 fully saturated rings. The molecule has 2 unspecified atom stereocenters. The Kier molecular flexibility index (Phi) is 3.35. The van der Waals surface area contributed by atoms with Gasteiger partial charge in [0, 0.05) is 25.2 Å². The predicted octanol–water partition coefficient (Wildman–Crippen LogP) is -0.852. The molecule has 0 bridgehead atoms. The van der Waals surface area contributed by atoms with Crippen molar-refractivity contribution in [2.24, 2.45) is 22.6 Å². The maximum atomic E-state index is 11.4. The molecule has 0 aromatic rings. The lowest BCUT2D eigenvalue weighted by Gasteiger charge is -2.27. The van der Waals surface area contributed by atoms with E-state index in [4.69, 9.17) is 10.5 Å². The largest absolute Gasteiger partial charge is 0.383 e. The van der Waals surface area contributed by atoms with E-state index < -0.39 is 0 Å². The molecule has 0 aromatic heterocycles. The van der Waals surface area contributed by atoms with Crippen LogP contribution >= 0.6 is 0 Å². The van der Waals surface area contributed by atoms with E-state index in [1.807, 2.05) is 12.3 Å². The summed E-state index contributed by atoms with van der Waals surface area (Å²) < 4.78 is 5.58. The monoisotopic (exact) mass is 262 g/mol. The number of amides is 1. The van der Waals surface area contributed by atoms with E-state index in [2.05, 4.69) is 15.6 Å². The Balaban J connectivity index is 1.88. The van der Waals surface area contributed by atoms with Gasteiger partial charge in [0.1, 0.15) is 0 Å². The summed E-state index contributed by atoms with van der Waals surface area (Å²) in [5.41, 5.74) is 7.47. The summed E-state index contributed by atoms with van der Waals surface area (Å²) in [5.74, 6) is -0.514. The Labute approximate surface area is 111 Å². The highest BCUT2D eigenvalue weighted by Gasteiger charge is 2.35. The van der Waals surface area contributed by atoms with Crippen LogP contribution < -0.4 is 16.4 Å². The summed E-state index contributed by atoms with van der Waals surface area (Å²) >= 11 is 0. The van der Waals surface area contributed by atoms with Gasteiger partial charge in [-0.3, -0.25) is 9.79 Å². The molecule has 3 atom stereocenters. The van der Waals surface area contributed by atoms with E-state index in [9.17, 15) is 4.79 Å². The third kappa shape index (κ3) is 2.29. The first-order valence-electron chi connectivity index (χ1n) is 6.56. The second kappa shape index (κ2) is 5.14. The summed E-state index contributed by atoms with van der Waals surface area (Å²) in [6, 6.07) is -0.0757. The molecule has 0 aromatic carbocycles. The predicted molar refractivity (Wildman–Crippen MR) is 71.4 cm³/mol. The van der Waals surface area contributed by atoms with Crippen LogP contribution in [0.5, 0.6) is 0 Å². The molecule has 0 aliphatic carbocycles. The van der Waals surface area contributed by atoms with Crippen LogP contribution in [0.25, 0.3) is 0 Å². The zero-order chi connectivity index (χ0) is 13.2. The number of aliphatic imine (C=N–C) groups is 1. The molecule has 1 saturated heterocycles. The lowest BCUT2D eigenvalue weighted by atomic mass is 9.87. The Morgan fingerprint density at radius 1 is 1.53 bits per heavy atom. The van der Waals surface area contributed by atoms with E-state index in [1.54, 1.807) is 6.21 Å². The van der Waals surface area contributed by atoms with Crippen LogP contribution in [0.3, 0.4) is 0 Å². The van der Waals surface area contributed by atoms with Gasteiger partial charge in [0.2, 0.25) is 5.91 Å². The van der Waals surface area contributed by atoms with Gasteiger partial charge in [-0.1, -0.05) is 0 Å². The fraction of sp³-hybridized carbons (Fsp3) is 0.538. The van der Waals surface area contributed by atoms with E-state index in [1.165, 1.54) is 0 Å². The number of carbonyl (C=O) groups is 1. The SMILES string of the molecule is NC(=O)C1C=NC([C@@H]2CNCCOC2)=C2C=CNC21. The van der Waals surface area contributed by atoms with Crippen molar-refractivity contribution in [2.75, 3.05) is 26.3 Å². The Hall–Kier alpha value is -1.66. The molecule has 19 heavy (non-hydrogen) atoms. The zero-order valence-corrected chi connectivity index (χ0v) is 10.6. The number of fused-ring (bicyclic) bond motifs is 1. The van der Waals surface area contributed by atoms with Crippen molar-refractivity contribution in [2.45, 2.75) is 6.04 Å². The average Bonchev–Trinajstić information content (AvgIpc) is 2.73. The molecular weight excluding hydrogens is 244 g/mol. The highest BCUT2D eigenvalue weighted by Crippen LogP contribution is 2.30. The number of hydrogen-bond donors (Lipinski definition) is 3.